The van der Waals surface area contributed by atoms with E-state index in [2.05, 4.69) is 16.3 Å². The first kappa shape index (κ1) is 13.7. The molecule has 2 N–H and O–H groups in total. The average molecular weight is 294 g/mol. The second kappa shape index (κ2) is 5.60. The van der Waals surface area contributed by atoms with Gasteiger partial charge in [-0.1, -0.05) is 6.07 Å². The van der Waals surface area contributed by atoms with Crippen LogP contribution in [0.1, 0.15) is 22.0 Å². The Morgan fingerprint density at radius 1 is 1.25 bits per heavy atom. The lowest BCUT2D eigenvalue weighted by Gasteiger charge is -2.34. The van der Waals surface area contributed by atoms with Crippen LogP contribution in [0.3, 0.4) is 0 Å². The van der Waals surface area contributed by atoms with Gasteiger partial charge < -0.3 is 5.73 Å². The predicted molar refractivity (Wildman–Crippen MR) is 76.6 cm³/mol. The smallest absolute Gasteiger partial charge is 0.159 e. The van der Waals surface area contributed by atoms with Crippen molar-refractivity contribution in [1.29, 1.82) is 0 Å². The van der Waals surface area contributed by atoms with Crippen LogP contribution in [-0.2, 0) is 13.0 Å². The Labute approximate surface area is 120 Å². The number of fused-ring (bicyclic) bond motifs is 1. The minimum Gasteiger partial charge on any atom is -0.329 e. The first-order valence-corrected chi connectivity index (χ1v) is 7.51. The van der Waals surface area contributed by atoms with E-state index < -0.39 is 11.6 Å². The van der Waals surface area contributed by atoms with Crippen molar-refractivity contribution < 1.29 is 8.78 Å². The van der Waals surface area contributed by atoms with Crippen LogP contribution < -0.4 is 5.73 Å². The van der Waals surface area contributed by atoms with Gasteiger partial charge in [-0.2, -0.15) is 0 Å². The van der Waals surface area contributed by atoms with Gasteiger partial charge in [-0.05, 0) is 41.1 Å². The third-order valence-corrected chi connectivity index (χ3v) is 4.85. The number of hydrogen-bond acceptors (Lipinski definition) is 3. The summed E-state index contributed by atoms with van der Waals surface area (Å²) in [7, 11) is 0. The third-order valence-electron chi connectivity index (χ3n) is 3.83. The number of thiophene rings is 1. The summed E-state index contributed by atoms with van der Waals surface area (Å²) in [6, 6.07) is 6.12. The Morgan fingerprint density at radius 2 is 2.10 bits per heavy atom. The molecule has 0 radical (unpaired) electrons. The molecule has 0 saturated heterocycles. The van der Waals surface area contributed by atoms with E-state index in [-0.39, 0.29) is 6.04 Å². The number of nitrogens with zero attached hydrogens (tertiary/aromatic N) is 1. The minimum absolute atomic E-state index is 0.0712. The van der Waals surface area contributed by atoms with Crippen LogP contribution in [0, 0.1) is 11.6 Å². The highest BCUT2D eigenvalue weighted by Gasteiger charge is 2.25. The van der Waals surface area contributed by atoms with Crippen LogP contribution in [0.2, 0.25) is 0 Å². The van der Waals surface area contributed by atoms with Crippen molar-refractivity contribution in [2.45, 2.75) is 19.0 Å². The molecule has 3 rings (SSSR count). The van der Waals surface area contributed by atoms with Crippen molar-refractivity contribution >= 4 is 11.3 Å². The van der Waals surface area contributed by atoms with Crippen LogP contribution in [0.4, 0.5) is 8.78 Å². The largest absolute Gasteiger partial charge is 0.329 e. The zero-order chi connectivity index (χ0) is 14.1. The summed E-state index contributed by atoms with van der Waals surface area (Å²) in [4.78, 5) is 3.66. The van der Waals surface area contributed by atoms with Gasteiger partial charge in [-0.3, -0.25) is 4.90 Å². The SMILES string of the molecule is NCC(c1ccc(F)c(F)c1)N1CCc2sccc2C1. The highest BCUT2D eigenvalue weighted by atomic mass is 32.1. The maximum absolute atomic E-state index is 13.4. The van der Waals surface area contributed by atoms with E-state index in [1.807, 2.05) is 0 Å². The Kier molecular flexibility index (Phi) is 3.83. The molecular formula is C15H16F2N2S. The van der Waals surface area contributed by atoms with Crippen LogP contribution in [0.5, 0.6) is 0 Å². The van der Waals surface area contributed by atoms with Gasteiger partial charge in [0, 0.05) is 30.6 Å². The summed E-state index contributed by atoms with van der Waals surface area (Å²) >= 11 is 1.78. The molecule has 2 heterocycles. The van der Waals surface area contributed by atoms with Gasteiger partial charge in [0.2, 0.25) is 0 Å². The summed E-state index contributed by atoms with van der Waals surface area (Å²) in [5.41, 5.74) is 7.93. The number of halogens is 2. The van der Waals surface area contributed by atoms with E-state index in [1.54, 1.807) is 17.4 Å². The normalized spacial score (nSPS) is 16.9. The third kappa shape index (κ3) is 2.49. The molecule has 0 saturated carbocycles. The minimum atomic E-state index is -0.816. The molecule has 20 heavy (non-hydrogen) atoms. The van der Waals surface area contributed by atoms with Gasteiger partial charge in [0.15, 0.2) is 11.6 Å². The zero-order valence-corrected chi connectivity index (χ0v) is 11.8. The molecule has 0 bridgehead atoms. The molecule has 1 aromatic carbocycles. The number of rotatable bonds is 3. The molecule has 106 valence electrons. The highest BCUT2D eigenvalue weighted by molar-refractivity contribution is 7.10. The van der Waals surface area contributed by atoms with Gasteiger partial charge in [-0.15, -0.1) is 11.3 Å². The maximum Gasteiger partial charge on any atom is 0.159 e. The lowest BCUT2D eigenvalue weighted by molar-refractivity contribution is 0.184. The molecule has 0 spiro atoms. The summed E-state index contributed by atoms with van der Waals surface area (Å²) in [6.45, 7) is 2.11. The molecule has 5 heteroatoms. The molecule has 1 aliphatic heterocycles. The van der Waals surface area contributed by atoms with E-state index in [9.17, 15) is 8.78 Å². The van der Waals surface area contributed by atoms with E-state index in [0.29, 0.717) is 6.54 Å². The molecule has 2 nitrogen and oxygen atoms in total. The second-order valence-electron chi connectivity index (χ2n) is 5.01. The molecule has 2 aromatic rings. The molecule has 1 aliphatic rings. The fourth-order valence-electron chi connectivity index (χ4n) is 2.75. The van der Waals surface area contributed by atoms with Gasteiger partial charge in [-0.25, -0.2) is 8.78 Å². The van der Waals surface area contributed by atoms with E-state index in [4.69, 9.17) is 5.73 Å². The molecule has 0 fully saturated rings. The zero-order valence-electron chi connectivity index (χ0n) is 11.0. The summed E-state index contributed by atoms with van der Waals surface area (Å²) < 4.78 is 26.4. The van der Waals surface area contributed by atoms with Gasteiger partial charge >= 0.3 is 0 Å². The molecule has 1 aromatic heterocycles. The van der Waals surface area contributed by atoms with Crippen LogP contribution >= 0.6 is 11.3 Å². The number of nitrogens with two attached hydrogens (primary N) is 1. The molecule has 1 atom stereocenters. The van der Waals surface area contributed by atoms with E-state index >= 15 is 0 Å². The van der Waals surface area contributed by atoms with E-state index in [1.165, 1.54) is 22.6 Å². The van der Waals surface area contributed by atoms with Crippen molar-refractivity contribution in [3.8, 4) is 0 Å². The Hall–Kier alpha value is -1.30. The fraction of sp³-hybridized carbons (Fsp3) is 0.333. The summed E-state index contributed by atoms with van der Waals surface area (Å²) in [6.07, 6.45) is 0.993. The standard InChI is InChI=1S/C15H16F2N2S/c16-12-2-1-10(7-13(12)17)14(8-18)19-5-3-15-11(9-19)4-6-20-15/h1-2,4,6-7,14H,3,5,8-9,18H2. The van der Waals surface area contributed by atoms with Gasteiger partial charge in [0.05, 0.1) is 0 Å². The quantitative estimate of drug-likeness (QED) is 0.942. The van der Waals surface area contributed by atoms with Crippen LogP contribution in [0.25, 0.3) is 0 Å². The van der Waals surface area contributed by atoms with Gasteiger partial charge in [0.1, 0.15) is 0 Å². The highest BCUT2D eigenvalue weighted by Crippen LogP contribution is 2.30. The first-order chi connectivity index (χ1) is 9.69. The monoisotopic (exact) mass is 294 g/mol. The average Bonchev–Trinajstić information content (AvgIpc) is 2.91. The molecule has 0 aliphatic carbocycles. The Morgan fingerprint density at radius 3 is 2.85 bits per heavy atom. The molecular weight excluding hydrogens is 278 g/mol. The van der Waals surface area contributed by atoms with Crippen molar-refractivity contribution in [2.24, 2.45) is 5.73 Å². The van der Waals surface area contributed by atoms with E-state index in [0.717, 1.165) is 25.1 Å². The molecule has 0 amide bonds. The number of benzene rings is 1. The van der Waals surface area contributed by atoms with Crippen molar-refractivity contribution in [2.75, 3.05) is 13.1 Å². The van der Waals surface area contributed by atoms with Crippen molar-refractivity contribution in [3.05, 3.63) is 57.3 Å². The lowest BCUT2D eigenvalue weighted by atomic mass is 10.0. The van der Waals surface area contributed by atoms with Crippen LogP contribution in [0.15, 0.2) is 29.6 Å². The summed E-state index contributed by atoms with van der Waals surface area (Å²) in [5.74, 6) is -1.63. The maximum atomic E-state index is 13.4. The predicted octanol–water partition coefficient (Wildman–Crippen LogP) is 3.08. The van der Waals surface area contributed by atoms with Crippen molar-refractivity contribution in [1.82, 2.24) is 4.90 Å². The van der Waals surface area contributed by atoms with Gasteiger partial charge in [0.25, 0.3) is 0 Å². The summed E-state index contributed by atoms with van der Waals surface area (Å²) in [5, 5.41) is 2.10. The van der Waals surface area contributed by atoms with Crippen molar-refractivity contribution in [3.63, 3.8) is 0 Å². The second-order valence-corrected chi connectivity index (χ2v) is 6.02. The van der Waals surface area contributed by atoms with Crippen LogP contribution in [-0.4, -0.2) is 18.0 Å². The topological polar surface area (TPSA) is 29.3 Å². The molecule has 1 unspecified atom stereocenters. The Balaban J connectivity index is 1.85. The number of hydrogen-bond donors (Lipinski definition) is 1. The Bertz CT molecular complexity index is 612. The fourth-order valence-corrected chi connectivity index (χ4v) is 3.64. The lowest BCUT2D eigenvalue weighted by Crippen LogP contribution is -2.37. The first-order valence-electron chi connectivity index (χ1n) is 6.63.